The Morgan fingerprint density at radius 3 is 2.43 bits per heavy atom. The summed E-state index contributed by atoms with van der Waals surface area (Å²) in [5, 5.41) is 7.46. The number of carbonyl (C=O) groups excluding carboxylic acids is 3. The van der Waals surface area contributed by atoms with Crippen molar-refractivity contribution >= 4 is 52.1 Å². The molecule has 28 heavy (non-hydrogen) atoms. The van der Waals surface area contributed by atoms with Gasteiger partial charge in [0.05, 0.1) is 33.8 Å². The lowest BCUT2D eigenvalue weighted by atomic mass is 10.1. The van der Waals surface area contributed by atoms with E-state index in [1.54, 1.807) is 47.8 Å². The number of hydrogen-bond donors (Lipinski definition) is 2. The minimum Gasteiger partial charge on any atom is -0.465 e. The van der Waals surface area contributed by atoms with Crippen molar-refractivity contribution in [1.82, 2.24) is 0 Å². The summed E-state index contributed by atoms with van der Waals surface area (Å²) in [5.74, 6) is -1.35. The van der Waals surface area contributed by atoms with Crippen LogP contribution in [0.3, 0.4) is 0 Å². The molecule has 1 heterocycles. The topological polar surface area (TPSA) is 84.5 Å². The number of para-hydroxylation sites is 1. The van der Waals surface area contributed by atoms with Crippen LogP contribution < -0.4 is 10.6 Å². The number of thiophene rings is 1. The molecule has 0 bridgehead atoms. The molecule has 2 N–H and O–H groups in total. The maximum absolute atomic E-state index is 12.7. The summed E-state index contributed by atoms with van der Waals surface area (Å²) in [6, 6.07) is 14.6. The first-order chi connectivity index (χ1) is 13.5. The molecule has 0 spiro atoms. The highest BCUT2D eigenvalue weighted by Crippen LogP contribution is 2.23. The van der Waals surface area contributed by atoms with Crippen molar-refractivity contribution in [2.75, 3.05) is 17.7 Å². The highest BCUT2D eigenvalue weighted by atomic mass is 35.5. The maximum Gasteiger partial charge on any atom is 0.339 e. The van der Waals surface area contributed by atoms with Crippen molar-refractivity contribution in [2.45, 2.75) is 0 Å². The second-order valence-electron chi connectivity index (χ2n) is 5.62. The van der Waals surface area contributed by atoms with Gasteiger partial charge in [-0.1, -0.05) is 29.8 Å². The molecule has 0 radical (unpaired) electrons. The number of rotatable bonds is 5. The normalized spacial score (nSPS) is 10.2. The minimum atomic E-state index is -0.607. The van der Waals surface area contributed by atoms with E-state index in [4.69, 9.17) is 11.6 Å². The SMILES string of the molecule is COC(=O)c1cc(NC(=O)c2ccccc2NC(=O)c2cccs2)ccc1Cl. The van der Waals surface area contributed by atoms with Crippen molar-refractivity contribution in [3.05, 3.63) is 81.0 Å². The summed E-state index contributed by atoms with van der Waals surface area (Å²) in [5.41, 5.74) is 1.16. The number of nitrogens with one attached hydrogen (secondary N) is 2. The predicted molar refractivity (Wildman–Crippen MR) is 109 cm³/mol. The lowest BCUT2D eigenvalue weighted by Crippen LogP contribution is -2.18. The zero-order valence-corrected chi connectivity index (χ0v) is 16.3. The van der Waals surface area contributed by atoms with E-state index in [2.05, 4.69) is 15.4 Å². The number of anilines is 2. The first-order valence-electron chi connectivity index (χ1n) is 8.12. The van der Waals surface area contributed by atoms with Crippen molar-refractivity contribution in [1.29, 1.82) is 0 Å². The van der Waals surface area contributed by atoms with Gasteiger partial charge in [-0.3, -0.25) is 9.59 Å². The van der Waals surface area contributed by atoms with E-state index >= 15 is 0 Å². The second-order valence-corrected chi connectivity index (χ2v) is 6.97. The standard InChI is InChI=1S/C20H15ClN2O4S/c1-27-20(26)14-11-12(8-9-15(14)21)22-18(24)13-5-2-3-6-16(13)23-19(25)17-7-4-10-28-17/h2-11H,1H3,(H,22,24)(H,23,25). The van der Waals surface area contributed by atoms with Crippen LogP contribution in [0.25, 0.3) is 0 Å². The molecule has 0 aliphatic carbocycles. The Morgan fingerprint density at radius 1 is 0.929 bits per heavy atom. The molecular weight excluding hydrogens is 400 g/mol. The van der Waals surface area contributed by atoms with Gasteiger partial charge in [0.15, 0.2) is 0 Å². The Balaban J connectivity index is 1.82. The number of esters is 1. The van der Waals surface area contributed by atoms with Crippen LogP contribution in [0.1, 0.15) is 30.4 Å². The van der Waals surface area contributed by atoms with Gasteiger partial charge in [0.1, 0.15) is 0 Å². The molecule has 0 fully saturated rings. The number of halogens is 1. The van der Waals surface area contributed by atoms with Crippen LogP contribution in [0.2, 0.25) is 5.02 Å². The van der Waals surface area contributed by atoms with Crippen LogP contribution in [0, 0.1) is 0 Å². The van der Waals surface area contributed by atoms with Crippen molar-refractivity contribution < 1.29 is 19.1 Å². The molecule has 0 unspecified atom stereocenters. The molecule has 1 aromatic heterocycles. The van der Waals surface area contributed by atoms with Crippen LogP contribution >= 0.6 is 22.9 Å². The van der Waals surface area contributed by atoms with Crippen LogP contribution in [0.5, 0.6) is 0 Å². The van der Waals surface area contributed by atoms with Gasteiger partial charge in [-0.15, -0.1) is 11.3 Å². The van der Waals surface area contributed by atoms with Gasteiger partial charge in [-0.2, -0.15) is 0 Å². The van der Waals surface area contributed by atoms with Crippen LogP contribution in [0.15, 0.2) is 60.0 Å². The lowest BCUT2D eigenvalue weighted by molar-refractivity contribution is 0.0600. The van der Waals surface area contributed by atoms with E-state index in [0.717, 1.165) is 0 Å². The summed E-state index contributed by atoms with van der Waals surface area (Å²) in [4.78, 5) is 37.3. The third-order valence-corrected chi connectivity index (χ3v) is 4.99. The van der Waals surface area contributed by atoms with Gasteiger partial charge < -0.3 is 15.4 Å². The highest BCUT2D eigenvalue weighted by Gasteiger charge is 2.16. The van der Waals surface area contributed by atoms with Crippen LogP contribution in [-0.2, 0) is 4.74 Å². The van der Waals surface area contributed by atoms with Crippen molar-refractivity contribution in [3.8, 4) is 0 Å². The molecule has 0 aliphatic rings. The largest absolute Gasteiger partial charge is 0.465 e. The van der Waals surface area contributed by atoms with Gasteiger partial charge in [-0.25, -0.2) is 4.79 Å². The zero-order chi connectivity index (χ0) is 20.1. The van der Waals surface area contributed by atoms with Crippen LogP contribution in [0.4, 0.5) is 11.4 Å². The summed E-state index contributed by atoms with van der Waals surface area (Å²) in [7, 11) is 1.25. The molecule has 0 saturated carbocycles. The number of carbonyl (C=O) groups is 3. The third kappa shape index (κ3) is 4.39. The predicted octanol–water partition coefficient (Wildman–Crippen LogP) is 4.69. The minimum absolute atomic E-state index is 0.140. The third-order valence-electron chi connectivity index (χ3n) is 3.79. The van der Waals surface area contributed by atoms with Gasteiger partial charge in [0.25, 0.3) is 11.8 Å². The molecule has 0 saturated heterocycles. The lowest BCUT2D eigenvalue weighted by Gasteiger charge is -2.12. The molecule has 0 atom stereocenters. The van der Waals surface area contributed by atoms with Gasteiger partial charge in [-0.05, 0) is 41.8 Å². The Labute approximate surface area is 170 Å². The Morgan fingerprint density at radius 2 is 1.71 bits per heavy atom. The number of hydrogen-bond acceptors (Lipinski definition) is 5. The van der Waals surface area contributed by atoms with Gasteiger partial charge in [0, 0.05) is 5.69 Å². The second kappa shape index (κ2) is 8.69. The average Bonchev–Trinajstić information content (AvgIpc) is 3.24. The van der Waals surface area contributed by atoms with Gasteiger partial charge >= 0.3 is 5.97 Å². The number of methoxy groups -OCH3 is 1. The van der Waals surface area contributed by atoms with E-state index in [-0.39, 0.29) is 22.1 Å². The molecule has 2 aromatic carbocycles. The molecular formula is C20H15ClN2O4S. The van der Waals surface area contributed by atoms with Crippen molar-refractivity contribution in [2.24, 2.45) is 0 Å². The number of benzene rings is 2. The first kappa shape index (κ1) is 19.6. The molecule has 3 rings (SSSR count). The number of amides is 2. The Kier molecular flexibility index (Phi) is 6.08. The highest BCUT2D eigenvalue weighted by molar-refractivity contribution is 7.12. The molecule has 3 aromatic rings. The maximum atomic E-state index is 12.7. The summed E-state index contributed by atoms with van der Waals surface area (Å²) >= 11 is 7.30. The molecule has 8 heteroatoms. The van der Waals surface area contributed by atoms with E-state index in [1.165, 1.54) is 30.6 Å². The fourth-order valence-corrected chi connectivity index (χ4v) is 3.26. The fourth-order valence-electron chi connectivity index (χ4n) is 2.45. The molecule has 0 aliphatic heterocycles. The summed E-state index contributed by atoms with van der Waals surface area (Å²) < 4.78 is 4.68. The molecule has 2 amide bonds. The van der Waals surface area contributed by atoms with Crippen LogP contribution in [-0.4, -0.2) is 24.9 Å². The van der Waals surface area contributed by atoms with E-state index in [9.17, 15) is 14.4 Å². The number of ether oxygens (including phenoxy) is 1. The Bertz CT molecular complexity index is 1030. The van der Waals surface area contributed by atoms with Crippen molar-refractivity contribution in [3.63, 3.8) is 0 Å². The fraction of sp³-hybridized carbons (Fsp3) is 0.0500. The van der Waals surface area contributed by atoms with E-state index < -0.39 is 11.9 Å². The monoisotopic (exact) mass is 414 g/mol. The smallest absolute Gasteiger partial charge is 0.339 e. The van der Waals surface area contributed by atoms with Gasteiger partial charge in [0.2, 0.25) is 0 Å². The quantitative estimate of drug-likeness (QED) is 0.593. The zero-order valence-electron chi connectivity index (χ0n) is 14.7. The molecule has 142 valence electrons. The molecule has 6 nitrogen and oxygen atoms in total. The summed E-state index contributed by atoms with van der Waals surface area (Å²) in [6.45, 7) is 0. The Hall–Kier alpha value is -3.16. The first-order valence-corrected chi connectivity index (χ1v) is 9.38. The average molecular weight is 415 g/mol. The van der Waals surface area contributed by atoms with E-state index in [0.29, 0.717) is 16.3 Å². The van der Waals surface area contributed by atoms with E-state index in [1.807, 2.05) is 0 Å². The summed E-state index contributed by atoms with van der Waals surface area (Å²) in [6.07, 6.45) is 0.